The maximum atomic E-state index is 11.3. The van der Waals surface area contributed by atoms with Gasteiger partial charge in [0.1, 0.15) is 5.75 Å². The summed E-state index contributed by atoms with van der Waals surface area (Å²) >= 11 is 6.08. The molecule has 2 aromatic rings. The Morgan fingerprint density at radius 3 is 2.17 bits per heavy atom. The van der Waals surface area contributed by atoms with Crippen LogP contribution >= 0.6 is 11.6 Å². The number of nitro benzene ring substituents is 1. The summed E-state index contributed by atoms with van der Waals surface area (Å²) in [7, 11) is 2.78. The number of carbonyl (C=O) groups is 1. The van der Waals surface area contributed by atoms with Gasteiger partial charge >= 0.3 is 5.69 Å². The number of carbonyl (C=O) groups excluding carboxylic acids is 1. The van der Waals surface area contributed by atoms with E-state index >= 15 is 0 Å². The van der Waals surface area contributed by atoms with Crippen molar-refractivity contribution in [1.29, 1.82) is 0 Å². The van der Waals surface area contributed by atoms with Crippen molar-refractivity contribution in [2.75, 3.05) is 14.2 Å². The second-order valence-electron chi connectivity index (χ2n) is 4.74. The number of methoxy groups -OCH3 is 2. The molecule has 0 spiro atoms. The summed E-state index contributed by atoms with van der Waals surface area (Å²) in [6.45, 7) is 1.41. The van der Waals surface area contributed by atoms with Crippen LogP contribution < -0.4 is 14.2 Å². The van der Waals surface area contributed by atoms with Crippen LogP contribution in [0.2, 0.25) is 5.02 Å². The van der Waals surface area contributed by atoms with E-state index in [1.165, 1.54) is 51.5 Å². The summed E-state index contributed by atoms with van der Waals surface area (Å²) in [5.41, 5.74) is 0.105. The molecule has 7 nitrogen and oxygen atoms in total. The Bertz CT molecular complexity index is 805. The lowest BCUT2D eigenvalue weighted by atomic mass is 10.1. The summed E-state index contributed by atoms with van der Waals surface area (Å²) < 4.78 is 15.7. The standard InChI is InChI=1S/C16H14ClNO6/c1-9(19)10-4-5-13(11(17)6-10)24-14-8-16(23-3)15(22-2)7-12(14)18(20)21/h4-8H,1-3H3. The lowest BCUT2D eigenvalue weighted by Gasteiger charge is -2.12. The average molecular weight is 352 g/mol. The predicted molar refractivity (Wildman–Crippen MR) is 87.7 cm³/mol. The van der Waals surface area contributed by atoms with E-state index in [0.29, 0.717) is 5.56 Å². The summed E-state index contributed by atoms with van der Waals surface area (Å²) in [6.07, 6.45) is 0. The van der Waals surface area contributed by atoms with Crippen molar-refractivity contribution < 1.29 is 23.9 Å². The van der Waals surface area contributed by atoms with E-state index in [-0.39, 0.29) is 39.5 Å². The van der Waals surface area contributed by atoms with E-state index in [9.17, 15) is 14.9 Å². The van der Waals surface area contributed by atoms with Gasteiger partial charge in [-0.3, -0.25) is 14.9 Å². The van der Waals surface area contributed by atoms with Gasteiger partial charge in [0.15, 0.2) is 17.3 Å². The second-order valence-corrected chi connectivity index (χ2v) is 5.14. The number of nitrogens with zero attached hydrogens (tertiary/aromatic N) is 1. The number of hydrogen-bond acceptors (Lipinski definition) is 6. The predicted octanol–water partition coefficient (Wildman–Crippen LogP) is 4.26. The maximum absolute atomic E-state index is 11.3. The van der Waals surface area contributed by atoms with Crippen LogP contribution in [0.3, 0.4) is 0 Å². The molecule has 0 atom stereocenters. The molecule has 8 heteroatoms. The molecule has 2 aromatic carbocycles. The molecule has 0 amide bonds. The molecule has 0 unspecified atom stereocenters. The van der Waals surface area contributed by atoms with E-state index in [1.54, 1.807) is 0 Å². The molecule has 24 heavy (non-hydrogen) atoms. The minimum absolute atomic E-state index is 0.0601. The highest BCUT2D eigenvalue weighted by Gasteiger charge is 2.22. The fourth-order valence-corrected chi connectivity index (χ4v) is 2.21. The highest BCUT2D eigenvalue weighted by Crippen LogP contribution is 2.42. The first kappa shape index (κ1) is 17.6. The monoisotopic (exact) mass is 351 g/mol. The summed E-state index contributed by atoms with van der Waals surface area (Å²) in [5, 5.41) is 11.4. The van der Waals surface area contributed by atoms with Crippen LogP contribution in [0.25, 0.3) is 0 Å². The first-order valence-electron chi connectivity index (χ1n) is 6.76. The number of Topliss-reactive ketones (excluding diaryl/α,β-unsaturated/α-hetero) is 1. The fourth-order valence-electron chi connectivity index (χ4n) is 2.00. The average Bonchev–Trinajstić information content (AvgIpc) is 2.55. The Morgan fingerprint density at radius 2 is 1.67 bits per heavy atom. The maximum Gasteiger partial charge on any atom is 0.315 e. The Morgan fingerprint density at radius 1 is 1.04 bits per heavy atom. The van der Waals surface area contributed by atoms with Gasteiger partial charge in [0.2, 0.25) is 5.75 Å². The van der Waals surface area contributed by atoms with E-state index in [0.717, 1.165) is 0 Å². The van der Waals surface area contributed by atoms with Crippen molar-refractivity contribution >= 4 is 23.1 Å². The summed E-state index contributed by atoms with van der Waals surface area (Å²) in [6, 6.07) is 6.97. The van der Waals surface area contributed by atoms with Crippen molar-refractivity contribution in [2.45, 2.75) is 6.92 Å². The Labute approximate surface area is 142 Å². The second kappa shape index (κ2) is 7.18. The zero-order valence-electron chi connectivity index (χ0n) is 13.2. The molecular formula is C16H14ClNO6. The van der Waals surface area contributed by atoms with E-state index in [4.69, 9.17) is 25.8 Å². The number of hydrogen-bond donors (Lipinski definition) is 0. The van der Waals surface area contributed by atoms with Crippen LogP contribution in [0.4, 0.5) is 5.69 Å². The van der Waals surface area contributed by atoms with Crippen molar-refractivity contribution in [3.63, 3.8) is 0 Å². The SMILES string of the molecule is COc1cc(Oc2ccc(C(C)=O)cc2Cl)c([N+](=O)[O-])cc1OC. The van der Waals surface area contributed by atoms with Crippen molar-refractivity contribution in [3.05, 3.63) is 51.0 Å². The third-order valence-electron chi connectivity index (χ3n) is 3.22. The lowest BCUT2D eigenvalue weighted by Crippen LogP contribution is -1.98. The Kier molecular flexibility index (Phi) is 5.25. The summed E-state index contributed by atoms with van der Waals surface area (Å²) in [4.78, 5) is 22.0. The summed E-state index contributed by atoms with van der Waals surface area (Å²) in [5.74, 6) is 0.441. The quantitative estimate of drug-likeness (QED) is 0.439. The first-order valence-corrected chi connectivity index (χ1v) is 7.14. The molecule has 0 saturated heterocycles. The highest BCUT2D eigenvalue weighted by atomic mass is 35.5. The van der Waals surface area contributed by atoms with Gasteiger partial charge in [-0.1, -0.05) is 11.6 Å². The molecule has 0 aromatic heterocycles. The smallest absolute Gasteiger partial charge is 0.315 e. The minimum Gasteiger partial charge on any atom is -0.493 e. The molecular weight excluding hydrogens is 338 g/mol. The number of halogens is 1. The van der Waals surface area contributed by atoms with E-state index < -0.39 is 4.92 Å². The van der Waals surface area contributed by atoms with Gasteiger partial charge in [-0.2, -0.15) is 0 Å². The van der Waals surface area contributed by atoms with Gasteiger partial charge in [0, 0.05) is 11.6 Å². The zero-order chi connectivity index (χ0) is 17.9. The molecule has 126 valence electrons. The number of ether oxygens (including phenoxy) is 3. The van der Waals surface area contributed by atoms with Crippen LogP contribution in [-0.2, 0) is 0 Å². The molecule has 0 aliphatic carbocycles. The van der Waals surface area contributed by atoms with Crippen LogP contribution in [0.15, 0.2) is 30.3 Å². The molecule has 0 bridgehead atoms. The lowest BCUT2D eigenvalue weighted by molar-refractivity contribution is -0.385. The van der Waals surface area contributed by atoms with Crippen LogP contribution in [0.5, 0.6) is 23.0 Å². The molecule has 0 aliphatic heterocycles. The largest absolute Gasteiger partial charge is 0.493 e. The number of nitro groups is 1. The van der Waals surface area contributed by atoms with Gasteiger partial charge in [-0.25, -0.2) is 0 Å². The Hall–Kier alpha value is -2.80. The molecule has 0 fully saturated rings. The molecule has 0 saturated carbocycles. The van der Waals surface area contributed by atoms with Crippen molar-refractivity contribution in [1.82, 2.24) is 0 Å². The van der Waals surface area contributed by atoms with E-state index in [2.05, 4.69) is 0 Å². The van der Waals surface area contributed by atoms with Crippen molar-refractivity contribution in [3.8, 4) is 23.0 Å². The molecule has 0 N–H and O–H groups in total. The highest BCUT2D eigenvalue weighted by molar-refractivity contribution is 6.32. The third-order valence-corrected chi connectivity index (χ3v) is 3.52. The molecule has 0 aliphatic rings. The van der Waals surface area contributed by atoms with Gasteiger partial charge in [-0.05, 0) is 25.1 Å². The van der Waals surface area contributed by atoms with Gasteiger partial charge < -0.3 is 14.2 Å². The van der Waals surface area contributed by atoms with Crippen LogP contribution in [0.1, 0.15) is 17.3 Å². The fraction of sp³-hybridized carbons (Fsp3) is 0.188. The van der Waals surface area contributed by atoms with Gasteiger partial charge in [0.05, 0.1) is 30.2 Å². The number of ketones is 1. The Balaban J connectivity index is 2.48. The topological polar surface area (TPSA) is 87.9 Å². The zero-order valence-corrected chi connectivity index (χ0v) is 13.9. The minimum atomic E-state index is -0.602. The molecule has 2 rings (SSSR count). The normalized spacial score (nSPS) is 10.2. The number of benzene rings is 2. The van der Waals surface area contributed by atoms with Crippen LogP contribution in [0, 0.1) is 10.1 Å². The molecule has 0 radical (unpaired) electrons. The number of rotatable bonds is 6. The third kappa shape index (κ3) is 3.57. The van der Waals surface area contributed by atoms with Gasteiger partial charge in [0.25, 0.3) is 0 Å². The molecule has 0 heterocycles. The van der Waals surface area contributed by atoms with Gasteiger partial charge in [-0.15, -0.1) is 0 Å². The first-order chi connectivity index (χ1) is 11.4. The van der Waals surface area contributed by atoms with E-state index in [1.807, 2.05) is 0 Å². The van der Waals surface area contributed by atoms with Crippen molar-refractivity contribution in [2.24, 2.45) is 0 Å². The van der Waals surface area contributed by atoms with Crippen LogP contribution in [-0.4, -0.2) is 24.9 Å².